The van der Waals surface area contributed by atoms with Gasteiger partial charge < -0.3 is 9.47 Å². The van der Waals surface area contributed by atoms with E-state index in [0.717, 1.165) is 0 Å². The molecule has 0 amide bonds. The number of carbonyl (C=O) groups excluding carboxylic acids is 2. The van der Waals surface area contributed by atoms with Gasteiger partial charge in [0.2, 0.25) is 0 Å². The zero-order chi connectivity index (χ0) is 27.9. The first-order valence-corrected chi connectivity index (χ1v) is 13.4. The lowest BCUT2D eigenvalue weighted by atomic mass is 9.89. The van der Waals surface area contributed by atoms with Crippen molar-refractivity contribution in [2.45, 2.75) is 13.2 Å². The number of para-hydroxylation sites is 2. The number of hydrogen-bond acceptors (Lipinski definition) is 4. The summed E-state index contributed by atoms with van der Waals surface area (Å²) < 4.78 is 12.0. The molecule has 0 bridgehead atoms. The van der Waals surface area contributed by atoms with Gasteiger partial charge in [0.1, 0.15) is 24.7 Å². The third-order valence-electron chi connectivity index (χ3n) is 6.35. The topological polar surface area (TPSA) is 52.6 Å². The number of halogens is 2. The average molecular weight is 567 g/mol. The van der Waals surface area contributed by atoms with Gasteiger partial charge in [-0.3, -0.25) is 9.59 Å². The molecule has 0 saturated carbocycles. The van der Waals surface area contributed by atoms with Gasteiger partial charge in [0.05, 0.1) is 15.6 Å². The van der Waals surface area contributed by atoms with Crippen LogP contribution in [0.2, 0.25) is 10.0 Å². The highest BCUT2D eigenvalue weighted by Crippen LogP contribution is 2.30. The summed E-state index contributed by atoms with van der Waals surface area (Å²) in [6, 6.07) is 35.8. The highest BCUT2D eigenvalue weighted by atomic mass is 35.5. The number of ether oxygens (including phenoxy) is 2. The molecule has 0 heterocycles. The number of rotatable bonds is 10. The first kappa shape index (κ1) is 27.2. The summed E-state index contributed by atoms with van der Waals surface area (Å²) in [5.41, 5.74) is 2.34. The van der Waals surface area contributed by atoms with Crippen LogP contribution in [0.1, 0.15) is 43.0 Å². The van der Waals surface area contributed by atoms with E-state index < -0.39 is 5.78 Å². The van der Waals surface area contributed by atoms with Crippen LogP contribution in [0.25, 0.3) is 0 Å². The molecule has 0 saturated heterocycles. The van der Waals surface area contributed by atoms with Crippen LogP contribution >= 0.6 is 23.2 Å². The number of hydrogen-bond donors (Lipinski definition) is 0. The Morgan fingerprint density at radius 2 is 0.875 bits per heavy atom. The van der Waals surface area contributed by atoms with Crippen LogP contribution in [0.15, 0.2) is 121 Å². The van der Waals surface area contributed by atoms with Crippen molar-refractivity contribution in [3.05, 3.63) is 165 Å². The molecule has 198 valence electrons. The summed E-state index contributed by atoms with van der Waals surface area (Å²) in [6.07, 6.45) is 0. The van der Waals surface area contributed by atoms with E-state index in [2.05, 4.69) is 0 Å². The molecule has 0 aliphatic heterocycles. The lowest BCUT2D eigenvalue weighted by Gasteiger charge is -2.17. The van der Waals surface area contributed by atoms with Crippen molar-refractivity contribution in [3.8, 4) is 11.5 Å². The normalized spacial score (nSPS) is 10.7. The van der Waals surface area contributed by atoms with E-state index in [1.165, 1.54) is 0 Å². The first-order chi connectivity index (χ1) is 19.5. The smallest absolute Gasteiger partial charge is 0.196 e. The van der Waals surface area contributed by atoms with Crippen molar-refractivity contribution in [1.29, 1.82) is 0 Å². The van der Waals surface area contributed by atoms with Crippen molar-refractivity contribution in [2.24, 2.45) is 0 Å². The second-order valence-electron chi connectivity index (χ2n) is 8.96. The molecule has 0 unspecified atom stereocenters. The van der Waals surface area contributed by atoms with Crippen molar-refractivity contribution in [2.75, 3.05) is 0 Å². The minimum atomic E-state index is -0.431. The summed E-state index contributed by atoms with van der Waals surface area (Å²) in [6.45, 7) is 0.299. The summed E-state index contributed by atoms with van der Waals surface area (Å²) in [5, 5.41) is 0.432. The minimum absolute atomic E-state index is 0.150. The van der Waals surface area contributed by atoms with Gasteiger partial charge in [-0.1, -0.05) is 108 Å². The molecule has 0 aliphatic carbocycles. The quantitative estimate of drug-likeness (QED) is 0.159. The Hall–Kier alpha value is -4.38. The average Bonchev–Trinajstić information content (AvgIpc) is 2.99. The van der Waals surface area contributed by atoms with Crippen molar-refractivity contribution >= 4 is 34.8 Å². The molecule has 0 atom stereocenters. The summed E-state index contributed by atoms with van der Waals surface area (Å²) in [4.78, 5) is 28.0. The molecular weight excluding hydrogens is 543 g/mol. The number of carbonyl (C=O) groups is 2. The standard InChI is InChI=1S/C34H24Cl2O4/c35-29-19-10-20-30(36)32(29)34(38)28-18-8-7-17-27(28)33(37)31-23(21-39-25-13-3-1-4-14-25)11-9-12-24(31)22-40-26-15-5-2-6-16-26/h1-20H,21-22H2. The van der Waals surface area contributed by atoms with E-state index in [1.807, 2.05) is 78.9 Å². The molecule has 5 aromatic carbocycles. The van der Waals surface area contributed by atoms with Crippen LogP contribution in [-0.2, 0) is 13.2 Å². The van der Waals surface area contributed by atoms with Crippen molar-refractivity contribution in [1.82, 2.24) is 0 Å². The number of ketones is 2. The van der Waals surface area contributed by atoms with Crippen LogP contribution < -0.4 is 9.47 Å². The first-order valence-electron chi connectivity index (χ1n) is 12.6. The Labute approximate surface area is 242 Å². The molecule has 0 spiro atoms. The highest BCUT2D eigenvalue weighted by Gasteiger charge is 2.26. The Kier molecular flexibility index (Phi) is 8.60. The summed E-state index contributed by atoms with van der Waals surface area (Å²) >= 11 is 12.7. The van der Waals surface area contributed by atoms with E-state index in [9.17, 15) is 9.59 Å². The Balaban J connectivity index is 1.56. The zero-order valence-corrected chi connectivity index (χ0v) is 22.9. The Morgan fingerprint density at radius 1 is 0.475 bits per heavy atom. The monoisotopic (exact) mass is 566 g/mol. The van der Waals surface area contributed by atoms with Crippen LogP contribution in [0.5, 0.6) is 11.5 Å². The second kappa shape index (κ2) is 12.6. The van der Waals surface area contributed by atoms with E-state index in [1.54, 1.807) is 42.5 Å². The number of benzene rings is 5. The van der Waals surface area contributed by atoms with Crippen molar-refractivity contribution in [3.63, 3.8) is 0 Å². The van der Waals surface area contributed by atoms with Crippen LogP contribution in [0.3, 0.4) is 0 Å². The van der Waals surface area contributed by atoms with E-state index in [0.29, 0.717) is 28.2 Å². The molecule has 0 aliphatic rings. The predicted molar refractivity (Wildman–Crippen MR) is 158 cm³/mol. The van der Waals surface area contributed by atoms with Gasteiger partial charge in [0.15, 0.2) is 11.6 Å². The minimum Gasteiger partial charge on any atom is -0.489 e. The Bertz CT molecular complexity index is 1570. The van der Waals surface area contributed by atoms with Crippen molar-refractivity contribution < 1.29 is 19.1 Å². The zero-order valence-electron chi connectivity index (χ0n) is 21.4. The SMILES string of the molecule is O=C(c1ccccc1C(=O)c1c(COc2ccccc2)cccc1COc1ccccc1)c1c(Cl)cccc1Cl. The molecule has 0 aromatic heterocycles. The maximum absolute atomic E-state index is 14.3. The molecule has 0 N–H and O–H groups in total. The summed E-state index contributed by atoms with van der Waals surface area (Å²) in [7, 11) is 0. The fourth-order valence-corrected chi connectivity index (χ4v) is 4.97. The fourth-order valence-electron chi connectivity index (χ4n) is 4.40. The van der Waals surface area contributed by atoms with E-state index >= 15 is 0 Å². The maximum Gasteiger partial charge on any atom is 0.196 e. The van der Waals surface area contributed by atoms with Gasteiger partial charge in [-0.2, -0.15) is 0 Å². The maximum atomic E-state index is 14.3. The van der Waals surface area contributed by atoms with Gasteiger partial charge in [0.25, 0.3) is 0 Å². The predicted octanol–water partition coefficient (Wildman–Crippen LogP) is 8.61. The highest BCUT2D eigenvalue weighted by molar-refractivity contribution is 6.41. The third-order valence-corrected chi connectivity index (χ3v) is 6.98. The molecule has 0 radical (unpaired) electrons. The van der Waals surface area contributed by atoms with Gasteiger partial charge in [-0.15, -0.1) is 0 Å². The molecule has 0 fully saturated rings. The van der Waals surface area contributed by atoms with Gasteiger partial charge in [-0.05, 0) is 36.4 Å². The van der Waals surface area contributed by atoms with Gasteiger partial charge in [0, 0.05) is 27.8 Å². The van der Waals surface area contributed by atoms with Crippen LogP contribution in [0.4, 0.5) is 0 Å². The van der Waals surface area contributed by atoms with E-state index in [4.69, 9.17) is 32.7 Å². The van der Waals surface area contributed by atoms with E-state index in [-0.39, 0.29) is 45.7 Å². The molecule has 5 rings (SSSR count). The molecule has 40 heavy (non-hydrogen) atoms. The fraction of sp³-hybridized carbons (Fsp3) is 0.0588. The van der Waals surface area contributed by atoms with Crippen LogP contribution in [-0.4, -0.2) is 11.6 Å². The van der Waals surface area contributed by atoms with Crippen LogP contribution in [0, 0.1) is 0 Å². The van der Waals surface area contributed by atoms with Gasteiger partial charge in [-0.25, -0.2) is 0 Å². The second-order valence-corrected chi connectivity index (χ2v) is 9.77. The molecule has 5 aromatic rings. The lowest BCUT2D eigenvalue weighted by molar-refractivity contribution is 0.100. The summed E-state index contributed by atoms with van der Waals surface area (Å²) in [5.74, 6) is 0.595. The third kappa shape index (κ3) is 6.09. The lowest BCUT2D eigenvalue weighted by Crippen LogP contribution is -2.16. The molecular formula is C34H24Cl2O4. The molecule has 6 heteroatoms. The largest absolute Gasteiger partial charge is 0.489 e. The molecule has 4 nitrogen and oxygen atoms in total. The Morgan fingerprint density at radius 3 is 1.35 bits per heavy atom. The van der Waals surface area contributed by atoms with Gasteiger partial charge >= 0.3 is 0 Å².